The maximum Gasteiger partial charge on any atom is 0.163 e. The Labute approximate surface area is 111 Å². The molecule has 104 valence electrons. The van der Waals surface area contributed by atoms with Crippen LogP contribution in [0.25, 0.3) is 11.0 Å². The molecule has 19 heavy (non-hydrogen) atoms. The standard InChI is InChI=1S/C13H18N2O4/c1-16-3-5-18-12-7-10-11(15-9-14-10)8-13(12)19-6-4-17-2/h7-9H,3-6H2,1-2H3,(H,14,15). The number of imidazole rings is 1. The molecule has 1 N–H and O–H groups in total. The minimum atomic E-state index is 0.465. The van der Waals surface area contributed by atoms with E-state index in [9.17, 15) is 0 Å². The second-order valence-corrected chi connectivity index (χ2v) is 3.90. The van der Waals surface area contributed by atoms with Crippen molar-refractivity contribution >= 4 is 11.0 Å². The van der Waals surface area contributed by atoms with Gasteiger partial charge >= 0.3 is 0 Å². The molecule has 2 aromatic rings. The topological polar surface area (TPSA) is 65.6 Å². The summed E-state index contributed by atoms with van der Waals surface area (Å²) in [6.45, 7) is 1.98. The lowest BCUT2D eigenvalue weighted by atomic mass is 10.2. The molecule has 0 saturated heterocycles. The highest BCUT2D eigenvalue weighted by Crippen LogP contribution is 2.31. The number of nitrogens with zero attached hydrogens (tertiary/aromatic N) is 1. The Kier molecular flexibility index (Phi) is 5.00. The predicted octanol–water partition coefficient (Wildman–Crippen LogP) is 1.61. The van der Waals surface area contributed by atoms with Gasteiger partial charge in [-0.3, -0.25) is 0 Å². The fourth-order valence-electron chi connectivity index (χ4n) is 1.64. The summed E-state index contributed by atoms with van der Waals surface area (Å²) in [5, 5.41) is 0. The Balaban J connectivity index is 2.15. The Hall–Kier alpha value is -1.79. The monoisotopic (exact) mass is 266 g/mol. The first-order valence-electron chi connectivity index (χ1n) is 6.05. The van der Waals surface area contributed by atoms with Crippen molar-refractivity contribution < 1.29 is 18.9 Å². The predicted molar refractivity (Wildman–Crippen MR) is 70.8 cm³/mol. The van der Waals surface area contributed by atoms with Gasteiger partial charge in [-0.25, -0.2) is 4.98 Å². The number of aromatic amines is 1. The van der Waals surface area contributed by atoms with Crippen LogP contribution in [-0.2, 0) is 9.47 Å². The van der Waals surface area contributed by atoms with E-state index in [1.54, 1.807) is 20.5 Å². The lowest BCUT2D eigenvalue weighted by molar-refractivity contribution is 0.132. The smallest absolute Gasteiger partial charge is 0.163 e. The van der Waals surface area contributed by atoms with E-state index >= 15 is 0 Å². The zero-order chi connectivity index (χ0) is 13.5. The summed E-state index contributed by atoms with van der Waals surface area (Å²) in [7, 11) is 3.27. The van der Waals surface area contributed by atoms with Crippen LogP contribution < -0.4 is 9.47 Å². The van der Waals surface area contributed by atoms with Crippen LogP contribution in [0, 0.1) is 0 Å². The van der Waals surface area contributed by atoms with Crippen molar-refractivity contribution in [3.63, 3.8) is 0 Å². The highest BCUT2D eigenvalue weighted by molar-refractivity contribution is 5.79. The van der Waals surface area contributed by atoms with Crippen molar-refractivity contribution in [2.75, 3.05) is 40.6 Å². The van der Waals surface area contributed by atoms with Crippen molar-refractivity contribution in [3.8, 4) is 11.5 Å². The maximum absolute atomic E-state index is 5.65. The van der Waals surface area contributed by atoms with E-state index in [1.165, 1.54) is 0 Å². The molecule has 0 amide bonds. The van der Waals surface area contributed by atoms with Crippen LogP contribution >= 0.6 is 0 Å². The van der Waals surface area contributed by atoms with Crippen LogP contribution in [0.15, 0.2) is 18.5 Å². The van der Waals surface area contributed by atoms with Crippen LogP contribution in [0.3, 0.4) is 0 Å². The molecule has 0 fully saturated rings. The highest BCUT2D eigenvalue weighted by atomic mass is 16.5. The number of benzene rings is 1. The molecule has 0 radical (unpaired) electrons. The number of methoxy groups -OCH3 is 2. The number of ether oxygens (including phenoxy) is 4. The average Bonchev–Trinajstić information content (AvgIpc) is 2.86. The van der Waals surface area contributed by atoms with Crippen molar-refractivity contribution in [1.29, 1.82) is 0 Å². The molecular formula is C13H18N2O4. The summed E-state index contributed by atoms with van der Waals surface area (Å²) in [4.78, 5) is 7.24. The zero-order valence-corrected chi connectivity index (χ0v) is 11.1. The largest absolute Gasteiger partial charge is 0.487 e. The lowest BCUT2D eigenvalue weighted by Crippen LogP contribution is -2.08. The van der Waals surface area contributed by atoms with Gasteiger partial charge in [0, 0.05) is 26.4 Å². The van der Waals surface area contributed by atoms with E-state index < -0.39 is 0 Å². The van der Waals surface area contributed by atoms with E-state index in [1.807, 2.05) is 12.1 Å². The Morgan fingerprint density at radius 2 is 1.58 bits per heavy atom. The fraction of sp³-hybridized carbons (Fsp3) is 0.462. The molecule has 0 atom stereocenters. The molecule has 0 saturated carbocycles. The van der Waals surface area contributed by atoms with Gasteiger partial charge < -0.3 is 23.9 Å². The molecule has 0 spiro atoms. The number of aromatic nitrogens is 2. The first kappa shape index (κ1) is 13.6. The highest BCUT2D eigenvalue weighted by Gasteiger charge is 2.09. The van der Waals surface area contributed by atoms with Crippen LogP contribution in [-0.4, -0.2) is 50.6 Å². The maximum atomic E-state index is 5.65. The number of nitrogens with one attached hydrogen (secondary N) is 1. The normalized spacial score (nSPS) is 10.8. The number of hydrogen-bond acceptors (Lipinski definition) is 5. The third-order valence-corrected chi connectivity index (χ3v) is 2.58. The number of hydrogen-bond donors (Lipinski definition) is 1. The zero-order valence-electron chi connectivity index (χ0n) is 11.1. The second-order valence-electron chi connectivity index (χ2n) is 3.90. The van der Waals surface area contributed by atoms with E-state index in [-0.39, 0.29) is 0 Å². The molecule has 0 bridgehead atoms. The van der Waals surface area contributed by atoms with Gasteiger partial charge in [0.05, 0.1) is 30.6 Å². The van der Waals surface area contributed by atoms with E-state index in [0.29, 0.717) is 37.9 Å². The van der Waals surface area contributed by atoms with E-state index in [0.717, 1.165) is 11.0 Å². The van der Waals surface area contributed by atoms with Crippen molar-refractivity contribution in [2.45, 2.75) is 0 Å². The molecular weight excluding hydrogens is 248 g/mol. The van der Waals surface area contributed by atoms with Gasteiger partial charge in [-0.05, 0) is 0 Å². The minimum absolute atomic E-state index is 0.465. The Morgan fingerprint density at radius 1 is 0.947 bits per heavy atom. The molecule has 0 unspecified atom stereocenters. The van der Waals surface area contributed by atoms with Crippen LogP contribution in [0.1, 0.15) is 0 Å². The molecule has 1 aromatic carbocycles. The van der Waals surface area contributed by atoms with Crippen LogP contribution in [0.4, 0.5) is 0 Å². The van der Waals surface area contributed by atoms with Gasteiger partial charge in [-0.1, -0.05) is 0 Å². The van der Waals surface area contributed by atoms with Gasteiger partial charge in [0.25, 0.3) is 0 Å². The lowest BCUT2D eigenvalue weighted by Gasteiger charge is -2.12. The number of fused-ring (bicyclic) bond motifs is 1. The molecule has 0 aliphatic heterocycles. The molecule has 2 rings (SSSR count). The summed E-state index contributed by atoms with van der Waals surface area (Å²) < 4.78 is 21.2. The van der Waals surface area contributed by atoms with Crippen LogP contribution in [0.2, 0.25) is 0 Å². The quantitative estimate of drug-likeness (QED) is 0.735. The fourth-order valence-corrected chi connectivity index (χ4v) is 1.64. The molecule has 6 heteroatoms. The average molecular weight is 266 g/mol. The summed E-state index contributed by atoms with van der Waals surface area (Å²) in [6, 6.07) is 3.73. The second kappa shape index (κ2) is 6.96. The van der Waals surface area contributed by atoms with E-state index in [2.05, 4.69) is 9.97 Å². The first-order valence-corrected chi connectivity index (χ1v) is 6.05. The summed E-state index contributed by atoms with van der Waals surface area (Å²) >= 11 is 0. The van der Waals surface area contributed by atoms with Gasteiger partial charge in [0.15, 0.2) is 11.5 Å². The first-order chi connectivity index (χ1) is 9.35. The van der Waals surface area contributed by atoms with Gasteiger partial charge in [0.1, 0.15) is 13.2 Å². The van der Waals surface area contributed by atoms with Crippen molar-refractivity contribution in [1.82, 2.24) is 9.97 Å². The molecule has 0 aliphatic carbocycles. The SMILES string of the molecule is COCCOc1cc2nc[nH]c2cc1OCCOC. The molecule has 1 heterocycles. The minimum Gasteiger partial charge on any atom is -0.487 e. The molecule has 0 aliphatic rings. The van der Waals surface area contributed by atoms with Crippen LogP contribution in [0.5, 0.6) is 11.5 Å². The third-order valence-electron chi connectivity index (χ3n) is 2.58. The van der Waals surface area contributed by atoms with Crippen molar-refractivity contribution in [2.24, 2.45) is 0 Å². The third kappa shape index (κ3) is 3.59. The van der Waals surface area contributed by atoms with Gasteiger partial charge in [-0.15, -0.1) is 0 Å². The molecule has 1 aromatic heterocycles. The van der Waals surface area contributed by atoms with Gasteiger partial charge in [-0.2, -0.15) is 0 Å². The number of rotatable bonds is 8. The summed E-state index contributed by atoms with van der Waals surface area (Å²) in [5.41, 5.74) is 1.75. The summed E-state index contributed by atoms with van der Waals surface area (Å²) in [6.07, 6.45) is 1.64. The summed E-state index contributed by atoms with van der Waals surface area (Å²) in [5.74, 6) is 1.33. The van der Waals surface area contributed by atoms with Crippen molar-refractivity contribution in [3.05, 3.63) is 18.5 Å². The Morgan fingerprint density at radius 3 is 2.21 bits per heavy atom. The number of H-pyrrole nitrogens is 1. The molecule has 6 nitrogen and oxygen atoms in total. The van der Waals surface area contributed by atoms with Gasteiger partial charge in [0.2, 0.25) is 0 Å². The Bertz CT molecular complexity index is 468. The van der Waals surface area contributed by atoms with E-state index in [4.69, 9.17) is 18.9 Å².